The Labute approximate surface area is 227 Å². The molecule has 1 aliphatic carbocycles. The van der Waals surface area contributed by atoms with Crippen molar-refractivity contribution < 1.29 is 19.0 Å². The van der Waals surface area contributed by atoms with Gasteiger partial charge in [0, 0.05) is 64.3 Å². The molecule has 3 fully saturated rings. The third-order valence-electron chi connectivity index (χ3n) is 7.92. The number of benzene rings is 2. The van der Waals surface area contributed by atoms with Crippen LogP contribution in [0.25, 0.3) is 11.1 Å². The van der Waals surface area contributed by atoms with E-state index in [0.29, 0.717) is 67.0 Å². The van der Waals surface area contributed by atoms with Gasteiger partial charge in [0.2, 0.25) is 0 Å². The van der Waals surface area contributed by atoms with Crippen molar-refractivity contribution in [3.8, 4) is 28.7 Å². The van der Waals surface area contributed by atoms with E-state index in [0.717, 1.165) is 50.1 Å². The highest BCUT2D eigenvalue weighted by atomic mass is 19.1. The second-order valence-corrected chi connectivity index (χ2v) is 10.7. The smallest absolute Gasteiger partial charge is 0.188 e. The maximum Gasteiger partial charge on any atom is 0.188 e. The molecule has 0 spiro atoms. The lowest BCUT2D eigenvalue weighted by Crippen LogP contribution is -2.53. The maximum atomic E-state index is 14.5. The summed E-state index contributed by atoms with van der Waals surface area (Å²) in [6.07, 6.45) is 6.60. The van der Waals surface area contributed by atoms with Crippen LogP contribution in [0.2, 0.25) is 0 Å². The van der Waals surface area contributed by atoms with Gasteiger partial charge in [0.25, 0.3) is 0 Å². The monoisotopic (exact) mass is 529 g/mol. The molecule has 2 saturated heterocycles. The van der Waals surface area contributed by atoms with Gasteiger partial charge in [0.15, 0.2) is 11.6 Å². The molecule has 8 nitrogen and oxygen atoms in total. The van der Waals surface area contributed by atoms with Crippen LogP contribution < -0.4 is 9.64 Å². The number of ether oxygens (including phenoxy) is 2. The van der Waals surface area contributed by atoms with E-state index in [1.165, 1.54) is 18.5 Å². The zero-order valence-electron chi connectivity index (χ0n) is 21.9. The van der Waals surface area contributed by atoms with E-state index in [1.54, 1.807) is 18.3 Å². The Balaban J connectivity index is 1.23. The Morgan fingerprint density at radius 1 is 1.05 bits per heavy atom. The second kappa shape index (κ2) is 10.9. The summed E-state index contributed by atoms with van der Waals surface area (Å²) in [5.74, 6) is 1.72. The molecule has 3 aromatic rings. The first-order valence-electron chi connectivity index (χ1n) is 13.6. The van der Waals surface area contributed by atoms with Gasteiger partial charge in [-0.2, -0.15) is 5.26 Å². The van der Waals surface area contributed by atoms with Crippen molar-refractivity contribution in [3.05, 3.63) is 65.9 Å². The van der Waals surface area contributed by atoms with Gasteiger partial charge < -0.3 is 19.5 Å². The first-order valence-corrected chi connectivity index (χ1v) is 13.6. The molecule has 0 amide bonds. The van der Waals surface area contributed by atoms with Crippen LogP contribution in [0.15, 0.2) is 48.9 Å². The number of hydrogen-bond acceptors (Lipinski definition) is 8. The number of rotatable bonds is 7. The minimum absolute atomic E-state index is 0.352. The Bertz CT molecular complexity index is 1380. The Hall–Kier alpha value is -3.58. The molecule has 3 aliphatic rings. The number of piperazine rings is 1. The number of halogens is 1. The zero-order valence-corrected chi connectivity index (χ0v) is 21.9. The molecule has 0 atom stereocenters. The van der Waals surface area contributed by atoms with Gasteiger partial charge in [-0.1, -0.05) is 6.07 Å². The minimum atomic E-state index is -0.687. The van der Waals surface area contributed by atoms with E-state index in [2.05, 4.69) is 25.8 Å². The molecule has 0 unspecified atom stereocenters. The van der Waals surface area contributed by atoms with E-state index in [-0.39, 0.29) is 5.82 Å². The number of nitriles is 1. The van der Waals surface area contributed by atoms with Crippen molar-refractivity contribution in [2.75, 3.05) is 50.8 Å². The molecule has 39 heavy (non-hydrogen) atoms. The van der Waals surface area contributed by atoms with E-state index in [4.69, 9.17) is 9.47 Å². The van der Waals surface area contributed by atoms with Crippen LogP contribution in [0.3, 0.4) is 0 Å². The summed E-state index contributed by atoms with van der Waals surface area (Å²) in [4.78, 5) is 13.2. The first-order chi connectivity index (χ1) is 19.0. The van der Waals surface area contributed by atoms with Crippen LogP contribution in [0.1, 0.15) is 42.7 Å². The summed E-state index contributed by atoms with van der Waals surface area (Å²) in [7, 11) is 0. The summed E-state index contributed by atoms with van der Waals surface area (Å²) in [6.45, 7) is 4.91. The largest absolute Gasteiger partial charge is 0.451 e. The summed E-state index contributed by atoms with van der Waals surface area (Å²) in [5.41, 5.74) is 2.49. The fraction of sp³-hybridized carbons (Fsp3) is 0.433. The van der Waals surface area contributed by atoms with E-state index in [1.807, 2.05) is 12.1 Å². The molecule has 2 aliphatic heterocycles. The van der Waals surface area contributed by atoms with Gasteiger partial charge in [0.05, 0.1) is 23.4 Å². The topological polar surface area (TPSA) is 94.7 Å². The second-order valence-electron chi connectivity index (χ2n) is 10.7. The fourth-order valence-corrected chi connectivity index (χ4v) is 5.59. The van der Waals surface area contributed by atoms with E-state index in [9.17, 15) is 14.8 Å². The Morgan fingerprint density at radius 2 is 1.85 bits per heavy atom. The maximum absolute atomic E-state index is 14.5. The highest BCUT2D eigenvalue weighted by molar-refractivity contribution is 5.76. The lowest BCUT2D eigenvalue weighted by Gasteiger charge is -2.41. The molecule has 1 aromatic heterocycles. The predicted octanol–water partition coefficient (Wildman–Crippen LogP) is 4.49. The predicted molar refractivity (Wildman–Crippen MR) is 144 cm³/mol. The van der Waals surface area contributed by atoms with Gasteiger partial charge in [-0.25, -0.2) is 14.4 Å². The van der Waals surface area contributed by atoms with Crippen molar-refractivity contribution in [2.24, 2.45) is 0 Å². The van der Waals surface area contributed by atoms with Crippen LogP contribution in [-0.2, 0) is 4.74 Å². The third kappa shape index (κ3) is 5.74. The van der Waals surface area contributed by atoms with Crippen LogP contribution in [0, 0.1) is 17.1 Å². The van der Waals surface area contributed by atoms with Crippen molar-refractivity contribution >= 4 is 5.82 Å². The van der Waals surface area contributed by atoms with Crippen LogP contribution >= 0.6 is 0 Å². The molecule has 0 bridgehead atoms. The van der Waals surface area contributed by atoms with Crippen LogP contribution in [0.5, 0.6) is 11.5 Å². The number of anilines is 1. The zero-order chi connectivity index (χ0) is 26.8. The summed E-state index contributed by atoms with van der Waals surface area (Å²) in [6, 6.07) is 12.3. The van der Waals surface area contributed by atoms with Crippen molar-refractivity contribution in [2.45, 2.75) is 37.2 Å². The first kappa shape index (κ1) is 25.7. The molecular weight excluding hydrogens is 497 g/mol. The SMILES string of the molecule is N#Cc1ccc(-c2cc(F)ccc2Oc2cncnc2N2CCN(CC3(O)CCOCC3)CC2)c(C2CC2)c1. The van der Waals surface area contributed by atoms with Gasteiger partial charge in [0.1, 0.15) is 17.9 Å². The van der Waals surface area contributed by atoms with Gasteiger partial charge in [-0.05, 0) is 60.2 Å². The van der Waals surface area contributed by atoms with Crippen LogP contribution in [0.4, 0.5) is 10.2 Å². The number of β-amino-alcohol motifs (C(OH)–C–C–N with tert-alkyl or cyclic N) is 1. The number of nitrogens with zero attached hydrogens (tertiary/aromatic N) is 5. The lowest BCUT2D eigenvalue weighted by molar-refractivity contribution is -0.0802. The molecular formula is C30H32FN5O3. The summed E-state index contributed by atoms with van der Waals surface area (Å²) < 4.78 is 26.3. The Morgan fingerprint density at radius 3 is 2.59 bits per heavy atom. The average Bonchev–Trinajstić information content (AvgIpc) is 3.80. The summed E-state index contributed by atoms with van der Waals surface area (Å²) >= 11 is 0. The highest BCUT2D eigenvalue weighted by Crippen LogP contribution is 2.47. The van der Waals surface area contributed by atoms with Crippen molar-refractivity contribution in [1.82, 2.24) is 14.9 Å². The standard InChI is InChI=1S/C30H32FN5O3/c31-23-4-6-27(26(16-23)24-5-1-21(17-32)15-25(24)22-2-3-22)39-28-18-33-20-34-29(28)36-11-9-35(10-12-36)19-30(37)7-13-38-14-8-30/h1,4-6,15-16,18,20,22,37H,2-3,7-14,19H2. The van der Waals surface area contributed by atoms with E-state index < -0.39 is 5.60 Å². The van der Waals surface area contributed by atoms with Crippen molar-refractivity contribution in [1.29, 1.82) is 5.26 Å². The molecule has 202 valence electrons. The van der Waals surface area contributed by atoms with Crippen LogP contribution in [-0.4, -0.2) is 71.5 Å². The number of hydrogen-bond donors (Lipinski definition) is 1. The fourth-order valence-electron chi connectivity index (χ4n) is 5.59. The average molecular weight is 530 g/mol. The number of aliphatic hydroxyl groups is 1. The molecule has 0 radical (unpaired) electrons. The quantitative estimate of drug-likeness (QED) is 0.479. The molecule has 1 N–H and O–H groups in total. The van der Waals surface area contributed by atoms with Crippen molar-refractivity contribution in [3.63, 3.8) is 0 Å². The highest BCUT2D eigenvalue weighted by Gasteiger charge is 2.33. The normalized spacial score (nSPS) is 19.5. The molecule has 6 rings (SSSR count). The molecule has 2 aromatic carbocycles. The van der Waals surface area contributed by atoms with Gasteiger partial charge >= 0.3 is 0 Å². The van der Waals surface area contributed by atoms with Gasteiger partial charge in [-0.3, -0.25) is 4.90 Å². The molecule has 3 heterocycles. The minimum Gasteiger partial charge on any atom is -0.451 e. The third-order valence-corrected chi connectivity index (χ3v) is 7.92. The molecule has 9 heteroatoms. The summed E-state index contributed by atoms with van der Waals surface area (Å²) in [5, 5.41) is 20.3. The van der Waals surface area contributed by atoms with Gasteiger partial charge in [-0.15, -0.1) is 0 Å². The Kier molecular flexibility index (Phi) is 7.17. The lowest BCUT2D eigenvalue weighted by atomic mass is 9.93. The van der Waals surface area contributed by atoms with E-state index >= 15 is 0 Å². The molecule has 1 saturated carbocycles. The number of aromatic nitrogens is 2.